The van der Waals surface area contributed by atoms with Crippen LogP contribution >= 0.6 is 0 Å². The second-order valence-electron chi connectivity index (χ2n) is 7.57. The zero-order chi connectivity index (χ0) is 19.2. The molecular weight excluding hydrogens is 356 g/mol. The van der Waals surface area contributed by atoms with Gasteiger partial charge >= 0.3 is 6.03 Å². The summed E-state index contributed by atoms with van der Waals surface area (Å²) in [5.74, 6) is 0.723. The maximum atomic E-state index is 12.3. The molecule has 0 aliphatic carbocycles. The number of hydrogen-bond acceptors (Lipinski definition) is 5. The third-order valence-electron chi connectivity index (χ3n) is 5.48. The number of rotatable bonds is 6. The molecule has 150 valence electrons. The molecule has 1 aromatic heterocycles. The summed E-state index contributed by atoms with van der Waals surface area (Å²) < 4.78 is 5.72. The van der Waals surface area contributed by atoms with E-state index in [1.54, 1.807) is 0 Å². The molecule has 0 spiro atoms. The number of aromatic nitrogens is 3. The van der Waals surface area contributed by atoms with Crippen LogP contribution in [0.5, 0.6) is 0 Å². The summed E-state index contributed by atoms with van der Waals surface area (Å²) in [6.07, 6.45) is 6.23. The second-order valence-corrected chi connectivity index (χ2v) is 7.57. The number of hydrogen-bond donors (Lipinski definition) is 3. The number of ether oxygens (including phenoxy) is 1. The number of nitrogens with zero attached hydrogens (tertiary/aromatic N) is 3. The monoisotopic (exact) mass is 384 g/mol. The molecule has 1 atom stereocenters. The van der Waals surface area contributed by atoms with Crippen LogP contribution in [0.2, 0.25) is 0 Å². The first-order valence-corrected chi connectivity index (χ1v) is 10.1. The molecule has 0 saturated carbocycles. The van der Waals surface area contributed by atoms with Gasteiger partial charge in [-0.15, -0.1) is 0 Å². The molecule has 0 radical (unpaired) electrons. The minimum absolute atomic E-state index is 0.109. The molecule has 4 rings (SSSR count). The summed E-state index contributed by atoms with van der Waals surface area (Å²) in [6.45, 7) is 4.45. The Labute approximate surface area is 165 Å². The molecule has 3 heterocycles. The molecule has 2 aliphatic heterocycles. The molecule has 28 heavy (non-hydrogen) atoms. The van der Waals surface area contributed by atoms with Crippen LogP contribution in [-0.4, -0.2) is 64.5 Å². The molecule has 2 aliphatic rings. The Morgan fingerprint density at radius 2 is 2.18 bits per heavy atom. The van der Waals surface area contributed by atoms with Crippen molar-refractivity contribution in [3.8, 4) is 11.4 Å². The van der Waals surface area contributed by atoms with Crippen molar-refractivity contribution < 1.29 is 9.53 Å². The average Bonchev–Trinajstić information content (AvgIpc) is 3.42. The topological polar surface area (TPSA) is 95.2 Å². The number of carbonyl (C=O) groups is 1. The number of piperidine rings is 1. The Bertz CT molecular complexity index is 752. The zero-order valence-corrected chi connectivity index (χ0v) is 16.1. The lowest BCUT2D eigenvalue weighted by Crippen LogP contribution is -2.48. The third kappa shape index (κ3) is 5.08. The number of carbonyl (C=O) groups excluding carboxylic acids is 1. The molecule has 2 aromatic rings. The fraction of sp³-hybridized carbons (Fsp3) is 0.550. The summed E-state index contributed by atoms with van der Waals surface area (Å²) in [6, 6.07) is 8.04. The van der Waals surface area contributed by atoms with Crippen LogP contribution in [-0.2, 0) is 11.3 Å². The van der Waals surface area contributed by atoms with E-state index in [9.17, 15) is 4.79 Å². The second kappa shape index (κ2) is 9.16. The minimum Gasteiger partial charge on any atom is -0.377 e. The number of H-pyrrole nitrogens is 1. The fourth-order valence-corrected chi connectivity index (χ4v) is 3.93. The predicted octanol–water partition coefficient (Wildman–Crippen LogP) is 1.91. The number of aromatic amines is 1. The van der Waals surface area contributed by atoms with Crippen molar-refractivity contribution in [3.05, 3.63) is 36.2 Å². The zero-order valence-electron chi connectivity index (χ0n) is 16.1. The molecule has 2 saturated heterocycles. The Morgan fingerprint density at radius 3 is 2.93 bits per heavy atom. The Balaban J connectivity index is 1.18. The lowest BCUT2D eigenvalue weighted by molar-refractivity contribution is 0.0632. The maximum absolute atomic E-state index is 12.3. The number of benzene rings is 1. The first-order valence-electron chi connectivity index (χ1n) is 10.1. The van der Waals surface area contributed by atoms with Gasteiger partial charge in [0.25, 0.3) is 0 Å². The quantitative estimate of drug-likeness (QED) is 0.707. The molecule has 2 amide bonds. The molecule has 1 aromatic carbocycles. The first kappa shape index (κ1) is 18.9. The SMILES string of the molecule is O=C(NCc1cccc(-c2ncn[nH]2)c1)NC1CCN(CC2CCCO2)CC1. The Kier molecular flexibility index (Phi) is 6.18. The van der Waals surface area contributed by atoms with E-state index in [0.717, 1.165) is 56.0 Å². The van der Waals surface area contributed by atoms with Crippen molar-refractivity contribution in [1.29, 1.82) is 0 Å². The van der Waals surface area contributed by atoms with Crippen molar-refractivity contribution in [2.75, 3.05) is 26.2 Å². The van der Waals surface area contributed by atoms with E-state index in [1.165, 1.54) is 19.2 Å². The lowest BCUT2D eigenvalue weighted by atomic mass is 10.0. The summed E-state index contributed by atoms with van der Waals surface area (Å²) >= 11 is 0. The van der Waals surface area contributed by atoms with Crippen LogP contribution in [0, 0.1) is 0 Å². The number of amides is 2. The van der Waals surface area contributed by atoms with E-state index in [1.807, 2.05) is 24.3 Å². The van der Waals surface area contributed by atoms with Gasteiger partial charge < -0.3 is 20.3 Å². The Morgan fingerprint density at radius 1 is 1.29 bits per heavy atom. The van der Waals surface area contributed by atoms with Gasteiger partial charge in [0.05, 0.1) is 6.10 Å². The van der Waals surface area contributed by atoms with Crippen molar-refractivity contribution in [2.45, 2.75) is 44.4 Å². The number of urea groups is 1. The van der Waals surface area contributed by atoms with Gasteiger partial charge in [-0.3, -0.25) is 5.10 Å². The first-order chi connectivity index (χ1) is 13.8. The van der Waals surface area contributed by atoms with Gasteiger partial charge in [0.1, 0.15) is 6.33 Å². The molecular formula is C20H28N6O2. The van der Waals surface area contributed by atoms with E-state index in [0.29, 0.717) is 12.6 Å². The van der Waals surface area contributed by atoms with E-state index in [2.05, 4.69) is 30.7 Å². The average molecular weight is 384 g/mol. The van der Waals surface area contributed by atoms with Crippen LogP contribution in [0.15, 0.2) is 30.6 Å². The highest BCUT2D eigenvalue weighted by Gasteiger charge is 2.24. The fourth-order valence-electron chi connectivity index (χ4n) is 3.93. The number of likely N-dealkylation sites (tertiary alicyclic amines) is 1. The highest BCUT2D eigenvalue weighted by molar-refractivity contribution is 5.74. The molecule has 0 bridgehead atoms. The third-order valence-corrected chi connectivity index (χ3v) is 5.48. The van der Waals surface area contributed by atoms with Gasteiger partial charge in [-0.1, -0.05) is 18.2 Å². The number of nitrogens with one attached hydrogen (secondary N) is 3. The normalized spacial score (nSPS) is 20.9. The maximum Gasteiger partial charge on any atom is 0.315 e. The van der Waals surface area contributed by atoms with E-state index in [4.69, 9.17) is 4.74 Å². The molecule has 8 nitrogen and oxygen atoms in total. The van der Waals surface area contributed by atoms with Crippen LogP contribution < -0.4 is 10.6 Å². The lowest BCUT2D eigenvalue weighted by Gasteiger charge is -2.33. The largest absolute Gasteiger partial charge is 0.377 e. The van der Waals surface area contributed by atoms with E-state index < -0.39 is 0 Å². The summed E-state index contributed by atoms with van der Waals surface area (Å²) in [5, 5.41) is 12.8. The highest BCUT2D eigenvalue weighted by atomic mass is 16.5. The van der Waals surface area contributed by atoms with Crippen LogP contribution in [0.1, 0.15) is 31.2 Å². The summed E-state index contributed by atoms with van der Waals surface area (Å²) in [7, 11) is 0. The highest BCUT2D eigenvalue weighted by Crippen LogP contribution is 2.17. The standard InChI is InChI=1S/C20H28N6O2/c27-20(21-12-15-3-1-4-16(11-15)19-22-14-23-25-19)24-17-6-8-26(9-7-17)13-18-5-2-10-28-18/h1,3-4,11,14,17-18H,2,5-10,12-13H2,(H2,21,24,27)(H,22,23,25). The van der Waals surface area contributed by atoms with Crippen LogP contribution in [0.3, 0.4) is 0 Å². The van der Waals surface area contributed by atoms with Crippen molar-refractivity contribution >= 4 is 6.03 Å². The minimum atomic E-state index is -0.109. The Hall–Kier alpha value is -2.45. The van der Waals surface area contributed by atoms with Crippen LogP contribution in [0.4, 0.5) is 4.79 Å². The van der Waals surface area contributed by atoms with E-state index >= 15 is 0 Å². The van der Waals surface area contributed by atoms with Crippen molar-refractivity contribution in [2.24, 2.45) is 0 Å². The van der Waals surface area contributed by atoms with Crippen LogP contribution in [0.25, 0.3) is 11.4 Å². The molecule has 3 N–H and O–H groups in total. The summed E-state index contributed by atoms with van der Waals surface area (Å²) in [4.78, 5) is 18.9. The van der Waals surface area contributed by atoms with Gasteiger partial charge in [-0.2, -0.15) is 5.10 Å². The van der Waals surface area contributed by atoms with Crippen molar-refractivity contribution in [1.82, 2.24) is 30.7 Å². The van der Waals surface area contributed by atoms with Gasteiger partial charge in [0.2, 0.25) is 0 Å². The molecule has 1 unspecified atom stereocenters. The van der Waals surface area contributed by atoms with Crippen molar-refractivity contribution in [3.63, 3.8) is 0 Å². The van der Waals surface area contributed by atoms with Gasteiger partial charge in [0, 0.05) is 44.4 Å². The predicted molar refractivity (Wildman–Crippen MR) is 106 cm³/mol. The van der Waals surface area contributed by atoms with Gasteiger partial charge in [-0.25, -0.2) is 9.78 Å². The van der Waals surface area contributed by atoms with Gasteiger partial charge in [-0.05, 0) is 37.3 Å². The molecule has 2 fully saturated rings. The van der Waals surface area contributed by atoms with Gasteiger partial charge in [0.15, 0.2) is 5.82 Å². The smallest absolute Gasteiger partial charge is 0.315 e. The van der Waals surface area contributed by atoms with E-state index in [-0.39, 0.29) is 12.1 Å². The summed E-state index contributed by atoms with van der Waals surface area (Å²) in [5.41, 5.74) is 1.98. The molecule has 8 heteroatoms.